The lowest BCUT2D eigenvalue weighted by atomic mass is 9.87. The van der Waals surface area contributed by atoms with E-state index in [1.54, 1.807) is 7.11 Å². The maximum absolute atomic E-state index is 5.18. The second-order valence-corrected chi connectivity index (χ2v) is 5.98. The van der Waals surface area contributed by atoms with Gasteiger partial charge in [-0.3, -0.25) is 0 Å². The third-order valence-corrected chi connectivity index (χ3v) is 4.18. The number of anilines is 1. The van der Waals surface area contributed by atoms with Crippen molar-refractivity contribution in [3.63, 3.8) is 0 Å². The molecule has 2 nitrogen and oxygen atoms in total. The van der Waals surface area contributed by atoms with Crippen LogP contribution in [0.4, 0.5) is 5.69 Å². The number of rotatable bonds is 5. The molecule has 1 aromatic rings. The third kappa shape index (κ3) is 3.05. The number of benzene rings is 1. The van der Waals surface area contributed by atoms with E-state index in [4.69, 9.17) is 4.74 Å². The van der Waals surface area contributed by atoms with E-state index in [-0.39, 0.29) is 0 Å². The van der Waals surface area contributed by atoms with Crippen LogP contribution in [0.15, 0.2) is 24.3 Å². The number of para-hydroxylation sites is 1. The number of hydrogen-bond acceptors (Lipinski definition) is 2. The van der Waals surface area contributed by atoms with E-state index in [0.717, 1.165) is 13.0 Å². The Balaban J connectivity index is 2.08. The van der Waals surface area contributed by atoms with Gasteiger partial charge in [0.05, 0.1) is 6.61 Å². The number of nitrogens with one attached hydrogen (secondary N) is 1. The number of methoxy groups -OCH3 is 1. The van der Waals surface area contributed by atoms with E-state index in [1.807, 2.05) is 0 Å². The molecule has 0 aliphatic heterocycles. The van der Waals surface area contributed by atoms with Crippen LogP contribution >= 0.6 is 0 Å². The van der Waals surface area contributed by atoms with Crippen molar-refractivity contribution >= 4 is 5.69 Å². The van der Waals surface area contributed by atoms with Gasteiger partial charge in [-0.2, -0.15) is 0 Å². The third-order valence-electron chi connectivity index (χ3n) is 4.18. The van der Waals surface area contributed by atoms with E-state index in [0.29, 0.717) is 11.5 Å². The summed E-state index contributed by atoms with van der Waals surface area (Å²) in [6.45, 7) is 5.53. The highest BCUT2D eigenvalue weighted by Crippen LogP contribution is 2.39. The fourth-order valence-corrected chi connectivity index (χ4v) is 2.87. The van der Waals surface area contributed by atoms with Gasteiger partial charge in [-0.25, -0.2) is 0 Å². The minimum atomic E-state index is 0.411. The first-order valence-corrected chi connectivity index (χ1v) is 6.97. The molecule has 0 aromatic heterocycles. The van der Waals surface area contributed by atoms with Gasteiger partial charge in [0.15, 0.2) is 0 Å². The highest BCUT2D eigenvalue weighted by Gasteiger charge is 2.34. The van der Waals surface area contributed by atoms with Crippen molar-refractivity contribution in [2.24, 2.45) is 5.41 Å². The average Bonchev–Trinajstić information content (AvgIpc) is 2.68. The lowest BCUT2D eigenvalue weighted by Gasteiger charge is -2.29. The zero-order valence-corrected chi connectivity index (χ0v) is 11.8. The second kappa shape index (κ2) is 5.75. The maximum atomic E-state index is 5.18. The summed E-state index contributed by atoms with van der Waals surface area (Å²) in [5.74, 6) is 0. The molecule has 18 heavy (non-hydrogen) atoms. The van der Waals surface area contributed by atoms with Gasteiger partial charge in [0, 0.05) is 18.8 Å². The second-order valence-electron chi connectivity index (χ2n) is 5.98. The van der Waals surface area contributed by atoms with Gasteiger partial charge in [-0.1, -0.05) is 38.5 Å². The first-order valence-electron chi connectivity index (χ1n) is 6.97. The van der Waals surface area contributed by atoms with Crippen LogP contribution < -0.4 is 5.32 Å². The zero-order valence-electron chi connectivity index (χ0n) is 11.8. The van der Waals surface area contributed by atoms with Crippen molar-refractivity contribution in [3.8, 4) is 0 Å². The molecule has 1 saturated carbocycles. The highest BCUT2D eigenvalue weighted by atomic mass is 16.5. The Labute approximate surface area is 111 Å². The zero-order chi connectivity index (χ0) is 13.0. The average molecular weight is 247 g/mol. The lowest BCUT2D eigenvalue weighted by Crippen LogP contribution is -2.31. The first kappa shape index (κ1) is 13.4. The minimum absolute atomic E-state index is 0.411. The molecular weight excluding hydrogens is 222 g/mol. The van der Waals surface area contributed by atoms with Crippen molar-refractivity contribution in [1.29, 1.82) is 0 Å². The van der Waals surface area contributed by atoms with Crippen LogP contribution in [-0.2, 0) is 11.2 Å². The predicted molar refractivity (Wildman–Crippen MR) is 77.1 cm³/mol. The van der Waals surface area contributed by atoms with Gasteiger partial charge in [0.25, 0.3) is 0 Å². The van der Waals surface area contributed by atoms with Gasteiger partial charge < -0.3 is 10.1 Å². The molecule has 0 bridgehead atoms. The quantitative estimate of drug-likeness (QED) is 0.853. The van der Waals surface area contributed by atoms with Crippen LogP contribution in [0.1, 0.15) is 38.7 Å². The van der Waals surface area contributed by atoms with Crippen LogP contribution in [0.3, 0.4) is 0 Å². The van der Waals surface area contributed by atoms with Crippen molar-refractivity contribution in [1.82, 2.24) is 0 Å². The molecule has 0 saturated heterocycles. The summed E-state index contributed by atoms with van der Waals surface area (Å²) in [5.41, 5.74) is 3.06. The van der Waals surface area contributed by atoms with Crippen LogP contribution in [0.5, 0.6) is 0 Å². The molecule has 1 fully saturated rings. The normalized spacial score (nSPS) is 22.1. The monoisotopic (exact) mass is 247 g/mol. The van der Waals surface area contributed by atoms with Crippen molar-refractivity contribution in [2.45, 2.75) is 45.6 Å². The van der Waals surface area contributed by atoms with Crippen molar-refractivity contribution < 1.29 is 4.74 Å². The van der Waals surface area contributed by atoms with Crippen LogP contribution in [0.2, 0.25) is 0 Å². The molecule has 0 spiro atoms. The minimum Gasteiger partial charge on any atom is -0.384 e. The summed E-state index contributed by atoms with van der Waals surface area (Å²) >= 11 is 0. The summed E-state index contributed by atoms with van der Waals surface area (Å²) in [6, 6.07) is 9.21. The summed E-state index contributed by atoms with van der Waals surface area (Å²) < 4.78 is 5.18. The predicted octanol–water partition coefficient (Wildman–Crippen LogP) is 3.87. The first-order chi connectivity index (χ1) is 8.63. The van der Waals surface area contributed by atoms with Crippen LogP contribution in [-0.4, -0.2) is 19.8 Å². The van der Waals surface area contributed by atoms with Gasteiger partial charge in [0.2, 0.25) is 0 Å². The molecule has 0 heterocycles. The summed E-state index contributed by atoms with van der Waals surface area (Å²) in [7, 11) is 1.76. The molecule has 0 amide bonds. The fourth-order valence-electron chi connectivity index (χ4n) is 2.87. The number of hydrogen-bond donors (Lipinski definition) is 1. The molecule has 0 radical (unpaired) electrons. The summed E-state index contributed by atoms with van der Waals surface area (Å²) in [6.07, 6.45) is 4.92. The van der Waals surface area contributed by atoms with Crippen LogP contribution in [0.25, 0.3) is 0 Å². The van der Waals surface area contributed by atoms with Gasteiger partial charge in [-0.15, -0.1) is 0 Å². The Morgan fingerprint density at radius 3 is 2.78 bits per heavy atom. The molecule has 1 atom stereocenters. The maximum Gasteiger partial charge on any atom is 0.0503 e. The molecular formula is C16H25NO. The molecule has 2 rings (SSSR count). The molecule has 1 aliphatic rings. The van der Waals surface area contributed by atoms with E-state index in [1.165, 1.54) is 30.5 Å². The molecule has 1 aromatic carbocycles. The molecule has 2 heteroatoms. The smallest absolute Gasteiger partial charge is 0.0503 e. The topological polar surface area (TPSA) is 21.3 Å². The SMILES string of the molecule is COCCc1ccccc1NC1CCCC1(C)C. The van der Waals surface area contributed by atoms with E-state index >= 15 is 0 Å². The lowest BCUT2D eigenvalue weighted by molar-refractivity contribution is 0.202. The van der Waals surface area contributed by atoms with Gasteiger partial charge in [-0.05, 0) is 36.3 Å². The Morgan fingerprint density at radius 2 is 2.11 bits per heavy atom. The molecule has 100 valence electrons. The Hall–Kier alpha value is -1.02. The largest absolute Gasteiger partial charge is 0.384 e. The van der Waals surface area contributed by atoms with Crippen molar-refractivity contribution in [3.05, 3.63) is 29.8 Å². The Morgan fingerprint density at radius 1 is 1.33 bits per heavy atom. The summed E-state index contributed by atoms with van der Waals surface area (Å²) in [5, 5.41) is 3.75. The highest BCUT2D eigenvalue weighted by molar-refractivity contribution is 5.52. The molecule has 1 N–H and O–H groups in total. The Kier molecular flexibility index (Phi) is 4.28. The van der Waals surface area contributed by atoms with Gasteiger partial charge in [0.1, 0.15) is 0 Å². The van der Waals surface area contributed by atoms with Gasteiger partial charge >= 0.3 is 0 Å². The molecule has 1 aliphatic carbocycles. The van der Waals surface area contributed by atoms with Crippen molar-refractivity contribution in [2.75, 3.05) is 19.0 Å². The molecule has 1 unspecified atom stereocenters. The van der Waals surface area contributed by atoms with Crippen LogP contribution in [0, 0.1) is 5.41 Å². The fraction of sp³-hybridized carbons (Fsp3) is 0.625. The standard InChI is InChI=1S/C16H25NO/c1-16(2)11-6-9-15(16)17-14-8-5-4-7-13(14)10-12-18-3/h4-5,7-8,15,17H,6,9-12H2,1-3H3. The van der Waals surface area contributed by atoms with E-state index in [9.17, 15) is 0 Å². The number of ether oxygens (including phenoxy) is 1. The van der Waals surface area contributed by atoms with E-state index < -0.39 is 0 Å². The van der Waals surface area contributed by atoms with E-state index in [2.05, 4.69) is 43.4 Å². The summed E-state index contributed by atoms with van der Waals surface area (Å²) in [4.78, 5) is 0. The Bertz CT molecular complexity index is 386.